The zero-order valence-electron chi connectivity index (χ0n) is 15.2. The summed E-state index contributed by atoms with van der Waals surface area (Å²) in [5.74, 6) is -0.391. The molecule has 0 radical (unpaired) electrons. The minimum absolute atomic E-state index is 0.0162. The first-order valence-electron chi connectivity index (χ1n) is 8.56. The Hall–Kier alpha value is -1.87. The van der Waals surface area contributed by atoms with Gasteiger partial charge in [0.25, 0.3) is 0 Å². The minimum atomic E-state index is -0.622. The summed E-state index contributed by atoms with van der Waals surface area (Å²) < 4.78 is 6.22. The first kappa shape index (κ1) is 15.6. The van der Waals surface area contributed by atoms with Crippen LogP contribution >= 0.6 is 0 Å². The molecular formula is C21H24O3. The van der Waals surface area contributed by atoms with E-state index in [1.165, 1.54) is 5.56 Å². The molecule has 2 heterocycles. The number of aliphatic hydroxyl groups excluding tert-OH is 1. The quantitative estimate of drug-likeness (QED) is 0.787. The van der Waals surface area contributed by atoms with Crippen molar-refractivity contribution in [2.45, 2.75) is 52.7 Å². The Morgan fingerprint density at radius 1 is 1.04 bits per heavy atom. The van der Waals surface area contributed by atoms with Crippen molar-refractivity contribution in [3.05, 3.63) is 51.8 Å². The Bertz CT molecular complexity index is 837. The van der Waals surface area contributed by atoms with Gasteiger partial charge in [-0.25, -0.2) is 0 Å². The fourth-order valence-electron chi connectivity index (χ4n) is 5.34. The van der Waals surface area contributed by atoms with Gasteiger partial charge in [-0.2, -0.15) is 0 Å². The standard InChI is InChI=1S/C21H24O3/c1-10-7-11(2)14(12(3)8-10)15-18(22)16-17(19(15)23)21(6)13(4)9-20(16,5)24-21/h7-9,16-17,23H,1-6H3/t16-,17+,20-,21+/m0/s1. The van der Waals surface area contributed by atoms with Crippen molar-refractivity contribution >= 4 is 11.4 Å². The van der Waals surface area contributed by atoms with E-state index < -0.39 is 11.2 Å². The van der Waals surface area contributed by atoms with Gasteiger partial charge in [0.15, 0.2) is 5.78 Å². The average Bonchev–Trinajstić information content (AvgIpc) is 2.94. The second kappa shape index (κ2) is 4.40. The summed E-state index contributed by atoms with van der Waals surface area (Å²) in [5.41, 5.74) is 4.52. The van der Waals surface area contributed by atoms with Crippen molar-refractivity contribution in [1.82, 2.24) is 0 Å². The highest BCUT2D eigenvalue weighted by atomic mass is 16.5. The summed E-state index contributed by atoms with van der Waals surface area (Å²) >= 11 is 0. The van der Waals surface area contributed by atoms with Crippen LogP contribution in [0.5, 0.6) is 0 Å². The van der Waals surface area contributed by atoms with Crippen LogP contribution in [-0.2, 0) is 9.53 Å². The van der Waals surface area contributed by atoms with E-state index in [1.807, 2.05) is 41.5 Å². The van der Waals surface area contributed by atoms with E-state index in [2.05, 4.69) is 18.2 Å². The van der Waals surface area contributed by atoms with Gasteiger partial charge in [0.05, 0.1) is 28.6 Å². The SMILES string of the molecule is CC1=C[C@]2(C)O[C@@]1(C)[C@H]1C(O)=C(c3c(C)cc(C)cc3C)C(=O)[C@H]12. The van der Waals surface area contributed by atoms with Gasteiger partial charge in [-0.15, -0.1) is 0 Å². The summed E-state index contributed by atoms with van der Waals surface area (Å²) in [6, 6.07) is 4.14. The normalized spacial score (nSPS) is 37.2. The molecule has 1 fully saturated rings. The van der Waals surface area contributed by atoms with E-state index in [0.29, 0.717) is 5.57 Å². The van der Waals surface area contributed by atoms with E-state index in [1.54, 1.807) is 0 Å². The molecule has 1 aromatic carbocycles. The highest BCUT2D eigenvalue weighted by Crippen LogP contribution is 2.63. The van der Waals surface area contributed by atoms with Gasteiger partial charge < -0.3 is 9.84 Å². The van der Waals surface area contributed by atoms with E-state index in [-0.39, 0.29) is 23.4 Å². The molecule has 0 aromatic heterocycles. The third-order valence-electron chi connectivity index (χ3n) is 6.27. The minimum Gasteiger partial charge on any atom is -0.511 e. The van der Waals surface area contributed by atoms with E-state index >= 15 is 0 Å². The molecule has 1 aromatic rings. The number of Topliss-reactive ketones (excluding diaryl/α,β-unsaturated/α-hetero) is 1. The van der Waals surface area contributed by atoms with Crippen LogP contribution in [0.4, 0.5) is 0 Å². The van der Waals surface area contributed by atoms with Crippen LogP contribution in [0.2, 0.25) is 0 Å². The van der Waals surface area contributed by atoms with Gasteiger partial charge >= 0.3 is 0 Å². The smallest absolute Gasteiger partial charge is 0.174 e. The molecule has 0 saturated carbocycles. The summed E-state index contributed by atoms with van der Waals surface area (Å²) in [6.07, 6.45) is 2.07. The number of benzene rings is 1. The molecule has 1 saturated heterocycles. The van der Waals surface area contributed by atoms with Crippen LogP contribution in [0.3, 0.4) is 0 Å². The van der Waals surface area contributed by atoms with Crippen molar-refractivity contribution < 1.29 is 14.6 Å². The molecule has 4 rings (SSSR count). The Morgan fingerprint density at radius 3 is 2.21 bits per heavy atom. The van der Waals surface area contributed by atoms with E-state index in [0.717, 1.165) is 22.3 Å². The molecule has 0 unspecified atom stereocenters. The van der Waals surface area contributed by atoms with Crippen LogP contribution in [0.15, 0.2) is 29.5 Å². The van der Waals surface area contributed by atoms with Gasteiger partial charge in [-0.05, 0) is 63.8 Å². The summed E-state index contributed by atoms with van der Waals surface area (Å²) in [7, 11) is 0. The lowest BCUT2D eigenvalue weighted by Crippen LogP contribution is -2.38. The lowest BCUT2D eigenvalue weighted by atomic mass is 9.69. The summed E-state index contributed by atoms with van der Waals surface area (Å²) in [4.78, 5) is 13.3. The highest BCUT2D eigenvalue weighted by Gasteiger charge is 2.69. The molecule has 1 aliphatic carbocycles. The zero-order valence-corrected chi connectivity index (χ0v) is 15.2. The molecule has 126 valence electrons. The fraction of sp³-hybridized carbons (Fsp3) is 0.476. The molecule has 24 heavy (non-hydrogen) atoms. The molecular weight excluding hydrogens is 300 g/mol. The number of carbonyl (C=O) groups is 1. The van der Waals surface area contributed by atoms with Gasteiger partial charge in [0.2, 0.25) is 0 Å². The number of ketones is 1. The molecule has 3 aliphatic rings. The number of aryl methyl sites for hydroxylation is 3. The maximum Gasteiger partial charge on any atom is 0.174 e. The lowest BCUT2D eigenvalue weighted by molar-refractivity contribution is -0.120. The van der Waals surface area contributed by atoms with Gasteiger partial charge in [0.1, 0.15) is 5.76 Å². The van der Waals surface area contributed by atoms with Gasteiger partial charge in [0, 0.05) is 0 Å². The van der Waals surface area contributed by atoms with Crippen LogP contribution in [0.25, 0.3) is 5.57 Å². The molecule has 0 spiro atoms. The third kappa shape index (κ3) is 1.63. The molecule has 1 N–H and O–H groups in total. The number of hydrogen-bond acceptors (Lipinski definition) is 3. The molecule has 3 nitrogen and oxygen atoms in total. The number of aliphatic hydroxyl groups is 1. The second-order valence-electron chi connectivity index (χ2n) is 8.07. The first-order chi connectivity index (χ1) is 11.1. The van der Waals surface area contributed by atoms with Crippen LogP contribution in [-0.4, -0.2) is 22.1 Å². The lowest BCUT2D eigenvalue weighted by Gasteiger charge is -2.30. The first-order valence-corrected chi connectivity index (χ1v) is 8.56. The summed E-state index contributed by atoms with van der Waals surface area (Å²) in [6.45, 7) is 12.1. The van der Waals surface area contributed by atoms with Crippen LogP contribution in [0, 0.1) is 32.6 Å². The highest BCUT2D eigenvalue weighted by molar-refractivity contribution is 6.26. The Kier molecular flexibility index (Phi) is 2.87. The second-order valence-corrected chi connectivity index (χ2v) is 8.07. The zero-order chi connectivity index (χ0) is 17.6. The number of allylic oxidation sites excluding steroid dienone is 1. The summed E-state index contributed by atoms with van der Waals surface area (Å²) in [5, 5.41) is 11.1. The maximum absolute atomic E-state index is 13.3. The molecule has 3 heteroatoms. The van der Waals surface area contributed by atoms with Gasteiger partial charge in [-0.1, -0.05) is 23.8 Å². The molecule has 0 amide bonds. The predicted molar refractivity (Wildman–Crippen MR) is 93.8 cm³/mol. The number of rotatable bonds is 1. The molecule has 2 bridgehead atoms. The largest absolute Gasteiger partial charge is 0.511 e. The van der Waals surface area contributed by atoms with Crippen LogP contribution in [0.1, 0.15) is 43.0 Å². The topological polar surface area (TPSA) is 46.5 Å². The van der Waals surface area contributed by atoms with Crippen molar-refractivity contribution in [3.63, 3.8) is 0 Å². The number of hydrogen-bond donors (Lipinski definition) is 1. The Morgan fingerprint density at radius 2 is 1.62 bits per heavy atom. The Labute approximate surface area is 143 Å². The molecule has 4 atom stereocenters. The number of fused-ring (bicyclic) bond motifs is 5. The monoisotopic (exact) mass is 324 g/mol. The average molecular weight is 324 g/mol. The van der Waals surface area contributed by atoms with E-state index in [4.69, 9.17) is 4.74 Å². The Balaban J connectivity index is 1.94. The molecule has 2 aliphatic heterocycles. The third-order valence-corrected chi connectivity index (χ3v) is 6.27. The van der Waals surface area contributed by atoms with E-state index in [9.17, 15) is 9.90 Å². The fourth-order valence-corrected chi connectivity index (χ4v) is 5.34. The maximum atomic E-state index is 13.3. The van der Waals surface area contributed by atoms with Gasteiger partial charge in [-0.3, -0.25) is 4.79 Å². The van der Waals surface area contributed by atoms with Crippen molar-refractivity contribution in [2.75, 3.05) is 0 Å². The van der Waals surface area contributed by atoms with Crippen molar-refractivity contribution in [1.29, 1.82) is 0 Å². The van der Waals surface area contributed by atoms with Crippen LogP contribution < -0.4 is 0 Å². The van der Waals surface area contributed by atoms with Crippen molar-refractivity contribution in [3.8, 4) is 0 Å². The van der Waals surface area contributed by atoms with Crippen molar-refractivity contribution in [2.24, 2.45) is 11.8 Å². The number of ether oxygens (including phenoxy) is 1. The number of carbonyl (C=O) groups excluding carboxylic acids is 1. The predicted octanol–water partition coefficient (Wildman–Crippen LogP) is 4.20.